The van der Waals surface area contributed by atoms with Crippen molar-refractivity contribution in [2.45, 2.75) is 26.4 Å². The first-order chi connectivity index (χ1) is 11.5. The maximum atomic E-state index is 12.8. The summed E-state index contributed by atoms with van der Waals surface area (Å²) < 4.78 is 12.8. The van der Waals surface area contributed by atoms with E-state index in [4.69, 9.17) is 0 Å². The maximum absolute atomic E-state index is 12.8. The molecule has 0 saturated carbocycles. The standard InChI is InChI=1S/C19H21FN2O2/c1-15(23)22(14-17-5-3-2-4-6-17)12-11-19(24)21-13-16-7-9-18(20)10-8-16/h2-10H,11-14H2,1H3,(H,21,24). The molecular weight excluding hydrogens is 307 g/mol. The van der Waals surface area contributed by atoms with Crippen LogP contribution < -0.4 is 5.32 Å². The van der Waals surface area contributed by atoms with Gasteiger partial charge in [0.1, 0.15) is 5.82 Å². The second-order valence-corrected chi connectivity index (χ2v) is 5.58. The number of benzene rings is 2. The van der Waals surface area contributed by atoms with Crippen LogP contribution >= 0.6 is 0 Å². The maximum Gasteiger partial charge on any atom is 0.222 e. The lowest BCUT2D eigenvalue weighted by molar-refractivity contribution is -0.130. The first-order valence-electron chi connectivity index (χ1n) is 7.85. The van der Waals surface area contributed by atoms with Gasteiger partial charge in [0.25, 0.3) is 0 Å². The molecule has 2 aromatic rings. The molecule has 0 aliphatic heterocycles. The highest BCUT2D eigenvalue weighted by Gasteiger charge is 2.11. The number of nitrogens with one attached hydrogen (secondary N) is 1. The Morgan fingerprint density at radius 3 is 2.29 bits per heavy atom. The van der Waals surface area contributed by atoms with Crippen molar-refractivity contribution in [3.05, 3.63) is 71.5 Å². The minimum atomic E-state index is -0.303. The first kappa shape index (κ1) is 17.7. The van der Waals surface area contributed by atoms with Gasteiger partial charge in [0.2, 0.25) is 11.8 Å². The summed E-state index contributed by atoms with van der Waals surface area (Å²) in [6.07, 6.45) is 0.230. The lowest BCUT2D eigenvalue weighted by atomic mass is 10.2. The summed E-state index contributed by atoms with van der Waals surface area (Å²) in [5, 5.41) is 2.78. The average molecular weight is 328 g/mol. The molecule has 0 radical (unpaired) electrons. The fourth-order valence-corrected chi connectivity index (χ4v) is 2.28. The molecule has 4 nitrogen and oxygen atoms in total. The number of halogens is 1. The summed E-state index contributed by atoms with van der Waals surface area (Å²) in [7, 11) is 0. The Kier molecular flexibility index (Phi) is 6.49. The quantitative estimate of drug-likeness (QED) is 0.850. The molecule has 2 rings (SSSR count). The van der Waals surface area contributed by atoms with Crippen molar-refractivity contribution >= 4 is 11.8 Å². The van der Waals surface area contributed by atoms with E-state index in [2.05, 4.69) is 5.32 Å². The molecule has 0 aliphatic carbocycles. The summed E-state index contributed by atoms with van der Waals surface area (Å²) >= 11 is 0. The van der Waals surface area contributed by atoms with E-state index in [0.29, 0.717) is 19.6 Å². The Bertz CT molecular complexity index is 672. The smallest absolute Gasteiger partial charge is 0.222 e. The van der Waals surface area contributed by atoms with E-state index < -0.39 is 0 Å². The molecule has 1 N–H and O–H groups in total. The summed E-state index contributed by atoms with van der Waals surface area (Å²) in [5.74, 6) is -0.507. The molecule has 126 valence electrons. The zero-order valence-corrected chi connectivity index (χ0v) is 13.7. The Balaban J connectivity index is 1.79. The van der Waals surface area contributed by atoms with Crippen LogP contribution in [0.25, 0.3) is 0 Å². The Morgan fingerprint density at radius 2 is 1.67 bits per heavy atom. The van der Waals surface area contributed by atoms with Crippen LogP contribution in [0.5, 0.6) is 0 Å². The molecule has 0 saturated heterocycles. The predicted octanol–water partition coefficient (Wildman–Crippen LogP) is 2.88. The molecule has 0 fully saturated rings. The first-order valence-corrected chi connectivity index (χ1v) is 7.85. The third-order valence-corrected chi connectivity index (χ3v) is 3.67. The van der Waals surface area contributed by atoms with E-state index in [1.54, 1.807) is 17.0 Å². The predicted molar refractivity (Wildman–Crippen MR) is 90.4 cm³/mol. The van der Waals surface area contributed by atoms with Crippen molar-refractivity contribution in [3.8, 4) is 0 Å². The van der Waals surface area contributed by atoms with Crippen LogP contribution in [0.15, 0.2) is 54.6 Å². The fourth-order valence-electron chi connectivity index (χ4n) is 2.28. The zero-order chi connectivity index (χ0) is 17.4. The molecule has 2 amide bonds. The van der Waals surface area contributed by atoms with Gasteiger partial charge in [0, 0.05) is 33.0 Å². The highest BCUT2D eigenvalue weighted by Crippen LogP contribution is 2.06. The topological polar surface area (TPSA) is 49.4 Å². The van der Waals surface area contributed by atoms with Gasteiger partial charge in [-0.1, -0.05) is 42.5 Å². The van der Waals surface area contributed by atoms with Gasteiger partial charge in [-0.05, 0) is 23.3 Å². The van der Waals surface area contributed by atoms with E-state index >= 15 is 0 Å². The average Bonchev–Trinajstić information content (AvgIpc) is 2.58. The summed E-state index contributed by atoms with van der Waals surface area (Å²) in [6, 6.07) is 15.6. The summed E-state index contributed by atoms with van der Waals surface area (Å²) in [6.45, 7) is 2.69. The SMILES string of the molecule is CC(=O)N(CCC(=O)NCc1ccc(F)cc1)Cc1ccccc1. The molecule has 0 heterocycles. The van der Waals surface area contributed by atoms with E-state index in [1.165, 1.54) is 19.1 Å². The lowest BCUT2D eigenvalue weighted by Crippen LogP contribution is -2.33. The molecule has 0 aromatic heterocycles. The van der Waals surface area contributed by atoms with Gasteiger partial charge < -0.3 is 10.2 Å². The minimum Gasteiger partial charge on any atom is -0.352 e. The van der Waals surface area contributed by atoms with Crippen molar-refractivity contribution < 1.29 is 14.0 Å². The number of rotatable bonds is 7. The number of carbonyl (C=O) groups is 2. The van der Waals surface area contributed by atoms with Crippen LogP contribution in [0.1, 0.15) is 24.5 Å². The molecule has 0 aliphatic rings. The molecule has 24 heavy (non-hydrogen) atoms. The normalized spacial score (nSPS) is 10.2. The van der Waals surface area contributed by atoms with E-state index in [1.807, 2.05) is 30.3 Å². The van der Waals surface area contributed by atoms with Gasteiger partial charge in [-0.3, -0.25) is 9.59 Å². The zero-order valence-electron chi connectivity index (χ0n) is 13.7. The third kappa shape index (κ3) is 5.83. The monoisotopic (exact) mass is 328 g/mol. The summed E-state index contributed by atoms with van der Waals surface area (Å²) in [4.78, 5) is 25.3. The molecule has 0 bridgehead atoms. The highest BCUT2D eigenvalue weighted by molar-refractivity contribution is 5.78. The molecule has 0 atom stereocenters. The molecule has 0 unspecified atom stereocenters. The Morgan fingerprint density at radius 1 is 1.00 bits per heavy atom. The fraction of sp³-hybridized carbons (Fsp3) is 0.263. The van der Waals surface area contributed by atoms with Crippen molar-refractivity contribution in [2.75, 3.05) is 6.54 Å². The third-order valence-electron chi connectivity index (χ3n) is 3.67. The van der Waals surface area contributed by atoms with Crippen molar-refractivity contribution in [1.82, 2.24) is 10.2 Å². The largest absolute Gasteiger partial charge is 0.352 e. The second kappa shape index (κ2) is 8.82. The van der Waals surface area contributed by atoms with Gasteiger partial charge in [-0.2, -0.15) is 0 Å². The van der Waals surface area contributed by atoms with Crippen LogP contribution in [0.2, 0.25) is 0 Å². The molecule has 5 heteroatoms. The minimum absolute atomic E-state index is 0.0646. The van der Waals surface area contributed by atoms with Crippen molar-refractivity contribution in [3.63, 3.8) is 0 Å². The Labute approximate surface area is 141 Å². The number of hydrogen-bond donors (Lipinski definition) is 1. The van der Waals surface area contributed by atoms with Gasteiger partial charge in [-0.25, -0.2) is 4.39 Å². The van der Waals surface area contributed by atoms with Crippen molar-refractivity contribution in [2.24, 2.45) is 0 Å². The number of nitrogens with zero attached hydrogens (tertiary/aromatic N) is 1. The van der Waals surface area contributed by atoms with Crippen LogP contribution in [0, 0.1) is 5.82 Å². The number of hydrogen-bond acceptors (Lipinski definition) is 2. The molecule has 2 aromatic carbocycles. The second-order valence-electron chi connectivity index (χ2n) is 5.58. The lowest BCUT2D eigenvalue weighted by Gasteiger charge is -2.21. The van der Waals surface area contributed by atoms with Crippen LogP contribution in [-0.4, -0.2) is 23.3 Å². The highest BCUT2D eigenvalue weighted by atomic mass is 19.1. The molecular formula is C19H21FN2O2. The van der Waals surface area contributed by atoms with Crippen LogP contribution in [0.4, 0.5) is 4.39 Å². The van der Waals surface area contributed by atoms with Crippen molar-refractivity contribution in [1.29, 1.82) is 0 Å². The van der Waals surface area contributed by atoms with Gasteiger partial charge in [0.05, 0.1) is 0 Å². The Hall–Kier alpha value is -2.69. The number of amides is 2. The van der Waals surface area contributed by atoms with Crippen LogP contribution in [0.3, 0.4) is 0 Å². The van der Waals surface area contributed by atoms with E-state index in [-0.39, 0.29) is 24.1 Å². The van der Waals surface area contributed by atoms with Gasteiger partial charge in [0.15, 0.2) is 0 Å². The molecule has 0 spiro atoms. The van der Waals surface area contributed by atoms with E-state index in [0.717, 1.165) is 11.1 Å². The van der Waals surface area contributed by atoms with Crippen LogP contribution in [-0.2, 0) is 22.7 Å². The number of carbonyl (C=O) groups excluding carboxylic acids is 2. The van der Waals surface area contributed by atoms with Gasteiger partial charge in [-0.15, -0.1) is 0 Å². The van der Waals surface area contributed by atoms with Gasteiger partial charge >= 0.3 is 0 Å². The summed E-state index contributed by atoms with van der Waals surface area (Å²) in [5.41, 5.74) is 1.86. The van der Waals surface area contributed by atoms with E-state index in [9.17, 15) is 14.0 Å².